The molecule has 1 aromatic rings. The van der Waals surface area contributed by atoms with Gasteiger partial charge in [-0.1, -0.05) is 30.7 Å². The Labute approximate surface area is 133 Å². The van der Waals surface area contributed by atoms with Crippen LogP contribution in [0.3, 0.4) is 0 Å². The van der Waals surface area contributed by atoms with Gasteiger partial charge in [0, 0.05) is 19.1 Å². The standard InChI is InChI=1S/C18H28N2O2/c1-15-7-2-3-8-16(15)13-18(22)19-10-6-12-20-11-5-4-9-17(20)14-21/h2-3,7-8,17,21H,4-6,9-14H2,1H3,(H,19,22)/t17-/m1/s1. The van der Waals surface area contributed by atoms with Crippen LogP contribution in [0.1, 0.15) is 36.8 Å². The Morgan fingerprint density at radius 3 is 2.95 bits per heavy atom. The molecule has 0 aliphatic carbocycles. The van der Waals surface area contributed by atoms with Gasteiger partial charge in [0.25, 0.3) is 0 Å². The van der Waals surface area contributed by atoms with E-state index in [0.29, 0.717) is 19.0 Å². The Morgan fingerprint density at radius 1 is 1.36 bits per heavy atom. The van der Waals surface area contributed by atoms with Crippen molar-refractivity contribution in [2.75, 3.05) is 26.2 Å². The van der Waals surface area contributed by atoms with Gasteiger partial charge in [-0.15, -0.1) is 0 Å². The number of rotatable bonds is 7. The number of carbonyl (C=O) groups is 1. The minimum Gasteiger partial charge on any atom is -0.395 e. The van der Waals surface area contributed by atoms with Crippen molar-refractivity contribution in [2.45, 2.75) is 45.1 Å². The highest BCUT2D eigenvalue weighted by molar-refractivity contribution is 5.78. The predicted molar refractivity (Wildman–Crippen MR) is 88.8 cm³/mol. The lowest BCUT2D eigenvalue weighted by Gasteiger charge is -2.34. The monoisotopic (exact) mass is 304 g/mol. The quantitative estimate of drug-likeness (QED) is 0.756. The number of nitrogens with one attached hydrogen (secondary N) is 1. The molecule has 1 aliphatic rings. The molecule has 1 fully saturated rings. The highest BCUT2D eigenvalue weighted by Crippen LogP contribution is 2.16. The van der Waals surface area contributed by atoms with Crippen LogP contribution < -0.4 is 5.32 Å². The maximum atomic E-state index is 12.0. The molecule has 22 heavy (non-hydrogen) atoms. The lowest BCUT2D eigenvalue weighted by Crippen LogP contribution is -2.43. The molecule has 0 aromatic heterocycles. The number of aryl methyl sites for hydroxylation is 1. The van der Waals surface area contributed by atoms with E-state index < -0.39 is 0 Å². The highest BCUT2D eigenvalue weighted by atomic mass is 16.3. The second-order valence-corrected chi connectivity index (χ2v) is 6.17. The van der Waals surface area contributed by atoms with Gasteiger partial charge in [0.1, 0.15) is 0 Å². The van der Waals surface area contributed by atoms with Crippen molar-refractivity contribution in [3.63, 3.8) is 0 Å². The molecule has 2 rings (SSSR count). The second kappa shape index (κ2) is 8.91. The maximum Gasteiger partial charge on any atom is 0.224 e. The summed E-state index contributed by atoms with van der Waals surface area (Å²) in [5.74, 6) is 0.0895. The van der Waals surface area contributed by atoms with Crippen molar-refractivity contribution in [1.29, 1.82) is 0 Å². The maximum absolute atomic E-state index is 12.0. The molecule has 0 bridgehead atoms. The summed E-state index contributed by atoms with van der Waals surface area (Å²) in [5.41, 5.74) is 2.26. The fourth-order valence-electron chi connectivity index (χ4n) is 3.12. The third-order valence-electron chi connectivity index (χ3n) is 4.52. The molecule has 1 heterocycles. The van der Waals surface area contributed by atoms with Crippen LogP contribution in [-0.4, -0.2) is 48.2 Å². The first kappa shape index (κ1) is 17.0. The molecule has 1 aliphatic heterocycles. The summed E-state index contributed by atoms with van der Waals surface area (Å²) in [7, 11) is 0. The third-order valence-corrected chi connectivity index (χ3v) is 4.52. The molecular formula is C18H28N2O2. The van der Waals surface area contributed by atoms with Gasteiger partial charge in [-0.2, -0.15) is 0 Å². The van der Waals surface area contributed by atoms with Crippen LogP contribution in [-0.2, 0) is 11.2 Å². The van der Waals surface area contributed by atoms with Crippen molar-refractivity contribution in [3.05, 3.63) is 35.4 Å². The first-order chi connectivity index (χ1) is 10.7. The number of aliphatic hydroxyl groups is 1. The van der Waals surface area contributed by atoms with Gasteiger partial charge in [0.2, 0.25) is 5.91 Å². The normalized spacial score (nSPS) is 19.1. The van der Waals surface area contributed by atoms with Crippen LogP contribution in [0.5, 0.6) is 0 Å². The van der Waals surface area contributed by atoms with Crippen LogP contribution in [0.4, 0.5) is 0 Å². The van der Waals surface area contributed by atoms with Crippen molar-refractivity contribution in [1.82, 2.24) is 10.2 Å². The number of nitrogens with zero attached hydrogens (tertiary/aromatic N) is 1. The van der Waals surface area contributed by atoms with E-state index in [1.54, 1.807) is 0 Å². The molecule has 1 aromatic carbocycles. The largest absolute Gasteiger partial charge is 0.395 e. The Morgan fingerprint density at radius 2 is 2.18 bits per heavy atom. The highest BCUT2D eigenvalue weighted by Gasteiger charge is 2.20. The lowest BCUT2D eigenvalue weighted by molar-refractivity contribution is -0.120. The number of carbonyl (C=O) groups excluding carboxylic acids is 1. The Kier molecular flexibility index (Phi) is 6.87. The van der Waals surface area contributed by atoms with E-state index >= 15 is 0 Å². The smallest absolute Gasteiger partial charge is 0.224 e. The van der Waals surface area contributed by atoms with Crippen LogP contribution in [0.2, 0.25) is 0 Å². The summed E-state index contributed by atoms with van der Waals surface area (Å²) in [6.45, 7) is 5.02. The predicted octanol–water partition coefficient (Wildman–Crippen LogP) is 1.89. The van der Waals surface area contributed by atoms with Gasteiger partial charge < -0.3 is 10.4 Å². The molecule has 0 unspecified atom stereocenters. The van der Waals surface area contributed by atoms with Crippen LogP contribution >= 0.6 is 0 Å². The zero-order valence-corrected chi connectivity index (χ0v) is 13.6. The van der Waals surface area contributed by atoms with E-state index in [1.807, 2.05) is 31.2 Å². The second-order valence-electron chi connectivity index (χ2n) is 6.17. The molecule has 0 saturated carbocycles. The van der Waals surface area contributed by atoms with Gasteiger partial charge in [-0.3, -0.25) is 9.69 Å². The number of hydrogen-bond acceptors (Lipinski definition) is 3. The third kappa shape index (κ3) is 5.11. The number of amides is 1. The molecule has 122 valence electrons. The molecule has 1 amide bonds. The first-order valence-electron chi connectivity index (χ1n) is 8.37. The number of piperidine rings is 1. The fraction of sp³-hybridized carbons (Fsp3) is 0.611. The van der Waals surface area contributed by atoms with E-state index in [1.165, 1.54) is 12.8 Å². The molecule has 0 radical (unpaired) electrons. The van der Waals surface area contributed by atoms with E-state index in [9.17, 15) is 9.90 Å². The number of benzene rings is 1. The zero-order chi connectivity index (χ0) is 15.8. The van der Waals surface area contributed by atoms with Gasteiger partial charge in [-0.05, 0) is 43.9 Å². The molecule has 1 saturated heterocycles. The summed E-state index contributed by atoms with van der Waals surface area (Å²) in [6, 6.07) is 8.33. The van der Waals surface area contributed by atoms with Crippen molar-refractivity contribution >= 4 is 5.91 Å². The van der Waals surface area contributed by atoms with E-state index in [0.717, 1.165) is 37.1 Å². The summed E-state index contributed by atoms with van der Waals surface area (Å²) in [4.78, 5) is 14.3. The number of aliphatic hydroxyl groups excluding tert-OH is 1. The molecule has 0 spiro atoms. The van der Waals surface area contributed by atoms with Crippen molar-refractivity contribution < 1.29 is 9.90 Å². The van der Waals surface area contributed by atoms with Gasteiger partial charge >= 0.3 is 0 Å². The van der Waals surface area contributed by atoms with Gasteiger partial charge in [-0.25, -0.2) is 0 Å². The topological polar surface area (TPSA) is 52.6 Å². The van der Waals surface area contributed by atoms with E-state index in [4.69, 9.17) is 0 Å². The average Bonchev–Trinajstić information content (AvgIpc) is 2.54. The molecule has 2 N–H and O–H groups in total. The lowest BCUT2D eigenvalue weighted by atomic mass is 10.0. The Bertz CT molecular complexity index is 476. The summed E-state index contributed by atoms with van der Waals surface area (Å²) >= 11 is 0. The molecule has 1 atom stereocenters. The minimum absolute atomic E-state index is 0.0895. The molecule has 4 nitrogen and oxygen atoms in total. The summed E-state index contributed by atoms with van der Waals surface area (Å²) in [5, 5.41) is 12.4. The average molecular weight is 304 g/mol. The van der Waals surface area contributed by atoms with Gasteiger partial charge in [0.05, 0.1) is 13.0 Å². The molecule has 4 heteroatoms. The van der Waals surface area contributed by atoms with E-state index in [2.05, 4.69) is 10.2 Å². The minimum atomic E-state index is 0.0895. The van der Waals surface area contributed by atoms with Crippen molar-refractivity contribution in [2.24, 2.45) is 0 Å². The first-order valence-corrected chi connectivity index (χ1v) is 8.37. The SMILES string of the molecule is Cc1ccccc1CC(=O)NCCCN1CCCC[C@@H]1CO. The summed E-state index contributed by atoms with van der Waals surface area (Å²) in [6.07, 6.45) is 4.92. The van der Waals surface area contributed by atoms with Crippen molar-refractivity contribution in [3.8, 4) is 0 Å². The molecular weight excluding hydrogens is 276 g/mol. The summed E-state index contributed by atoms with van der Waals surface area (Å²) < 4.78 is 0. The van der Waals surface area contributed by atoms with Crippen LogP contribution in [0, 0.1) is 6.92 Å². The Hall–Kier alpha value is -1.39. The van der Waals surface area contributed by atoms with E-state index in [-0.39, 0.29) is 12.5 Å². The Balaban J connectivity index is 1.66. The van der Waals surface area contributed by atoms with Crippen LogP contribution in [0.15, 0.2) is 24.3 Å². The van der Waals surface area contributed by atoms with Gasteiger partial charge in [0.15, 0.2) is 0 Å². The number of likely N-dealkylation sites (tertiary alicyclic amines) is 1. The fourth-order valence-corrected chi connectivity index (χ4v) is 3.12. The zero-order valence-electron chi connectivity index (χ0n) is 13.6. The van der Waals surface area contributed by atoms with Crippen LogP contribution in [0.25, 0.3) is 0 Å². The number of hydrogen-bond donors (Lipinski definition) is 2.